The highest BCUT2D eigenvalue weighted by Crippen LogP contribution is 2.16. The predicted octanol–water partition coefficient (Wildman–Crippen LogP) is 1.93. The van der Waals surface area contributed by atoms with Gasteiger partial charge in [-0.1, -0.05) is 18.2 Å². The Kier molecular flexibility index (Phi) is 8.62. The molecule has 0 radical (unpaired) electrons. The molecule has 1 saturated heterocycles. The van der Waals surface area contributed by atoms with Gasteiger partial charge in [-0.15, -0.1) is 0 Å². The molecule has 0 spiro atoms. The average molecular weight is 413 g/mol. The number of hydrogen-bond donors (Lipinski definition) is 1. The zero-order chi connectivity index (χ0) is 21.2. The van der Waals surface area contributed by atoms with Crippen molar-refractivity contribution >= 4 is 5.91 Å². The van der Waals surface area contributed by atoms with E-state index in [4.69, 9.17) is 9.47 Å². The molecular formula is C23H32N4O3. The van der Waals surface area contributed by atoms with Crippen LogP contribution in [-0.2, 0) is 22.6 Å². The second-order valence-electron chi connectivity index (χ2n) is 7.72. The predicted molar refractivity (Wildman–Crippen MR) is 116 cm³/mol. The van der Waals surface area contributed by atoms with Crippen LogP contribution >= 0.6 is 0 Å². The van der Waals surface area contributed by atoms with E-state index >= 15 is 0 Å². The number of nitrogens with one attached hydrogen (secondary N) is 1. The van der Waals surface area contributed by atoms with E-state index in [9.17, 15) is 4.79 Å². The maximum atomic E-state index is 11.4. The summed E-state index contributed by atoms with van der Waals surface area (Å²) in [7, 11) is 1.50. The van der Waals surface area contributed by atoms with Crippen molar-refractivity contribution in [2.75, 3.05) is 46.4 Å². The Morgan fingerprint density at radius 3 is 2.33 bits per heavy atom. The van der Waals surface area contributed by atoms with Gasteiger partial charge in [0, 0.05) is 58.8 Å². The number of nitrogens with zero attached hydrogens (tertiary/aromatic N) is 3. The Balaban J connectivity index is 1.38. The average Bonchev–Trinajstić information content (AvgIpc) is 2.76. The van der Waals surface area contributed by atoms with Crippen LogP contribution in [0.5, 0.6) is 5.75 Å². The Hall–Kier alpha value is -2.48. The number of benzene rings is 1. The zero-order valence-electron chi connectivity index (χ0n) is 17.9. The Morgan fingerprint density at radius 2 is 1.73 bits per heavy atom. The van der Waals surface area contributed by atoms with Gasteiger partial charge in [0.05, 0.1) is 6.54 Å². The maximum absolute atomic E-state index is 11.4. The van der Waals surface area contributed by atoms with Gasteiger partial charge in [0.25, 0.3) is 0 Å². The van der Waals surface area contributed by atoms with Crippen LogP contribution in [0.15, 0.2) is 48.8 Å². The molecule has 162 valence electrons. The summed E-state index contributed by atoms with van der Waals surface area (Å²) in [6.45, 7) is 8.65. The number of ether oxygens (including phenoxy) is 2. The quantitative estimate of drug-likeness (QED) is 0.643. The van der Waals surface area contributed by atoms with Crippen molar-refractivity contribution in [1.82, 2.24) is 20.1 Å². The lowest BCUT2D eigenvalue weighted by Gasteiger charge is -2.34. The Bertz CT molecular complexity index is 762. The first-order valence-corrected chi connectivity index (χ1v) is 10.5. The van der Waals surface area contributed by atoms with Gasteiger partial charge in [-0.2, -0.15) is 0 Å². The minimum atomic E-state index is -0.135. The molecule has 1 amide bonds. The number of pyridine rings is 1. The van der Waals surface area contributed by atoms with E-state index in [0.717, 1.165) is 45.0 Å². The molecule has 1 aromatic carbocycles. The lowest BCUT2D eigenvalue weighted by molar-refractivity contribution is -0.125. The first-order chi connectivity index (χ1) is 14.6. The van der Waals surface area contributed by atoms with Crippen LogP contribution in [0.3, 0.4) is 0 Å². The fourth-order valence-corrected chi connectivity index (χ4v) is 3.50. The van der Waals surface area contributed by atoms with Crippen LogP contribution in [-0.4, -0.2) is 73.2 Å². The summed E-state index contributed by atoms with van der Waals surface area (Å²) in [6, 6.07) is 12.4. The molecule has 7 nitrogen and oxygen atoms in total. The summed E-state index contributed by atoms with van der Waals surface area (Å²) in [5.41, 5.74) is 2.55. The molecule has 3 rings (SSSR count). The molecule has 1 aromatic heterocycles. The maximum Gasteiger partial charge on any atom is 0.246 e. The smallest absolute Gasteiger partial charge is 0.246 e. The van der Waals surface area contributed by atoms with Crippen molar-refractivity contribution in [3.8, 4) is 5.75 Å². The third-order valence-electron chi connectivity index (χ3n) is 5.12. The molecule has 2 heterocycles. The number of aromatic nitrogens is 1. The second kappa shape index (κ2) is 11.6. The van der Waals surface area contributed by atoms with E-state index in [1.807, 2.05) is 37.5 Å². The number of amides is 1. The number of rotatable bonds is 10. The number of methoxy groups -OCH3 is 1. The van der Waals surface area contributed by atoms with Gasteiger partial charge in [0.2, 0.25) is 5.91 Å². The molecule has 0 bridgehead atoms. The van der Waals surface area contributed by atoms with Crippen LogP contribution in [0.25, 0.3) is 0 Å². The largest absolute Gasteiger partial charge is 0.489 e. The van der Waals surface area contributed by atoms with Crippen LogP contribution in [0.4, 0.5) is 0 Å². The van der Waals surface area contributed by atoms with Crippen molar-refractivity contribution in [3.05, 3.63) is 59.9 Å². The van der Waals surface area contributed by atoms with Gasteiger partial charge < -0.3 is 14.8 Å². The Labute approximate surface area is 179 Å². The number of piperazine rings is 1. The standard InChI is InChI=1S/C23H32N4O3/c1-19(14-25-23(28)18-29-2)30-22-7-5-20(6-8-22)16-26-10-12-27(13-11-26)17-21-4-3-9-24-15-21/h3-9,15,19H,10-14,16-18H2,1-2H3,(H,25,28)/t19-/m1/s1. The summed E-state index contributed by atoms with van der Waals surface area (Å²) in [5.74, 6) is 0.678. The number of carbonyl (C=O) groups excluding carboxylic acids is 1. The monoisotopic (exact) mass is 412 g/mol. The number of carbonyl (C=O) groups is 1. The van der Waals surface area contributed by atoms with Gasteiger partial charge in [0.1, 0.15) is 18.5 Å². The molecule has 1 N–H and O–H groups in total. The van der Waals surface area contributed by atoms with Crippen LogP contribution in [0.1, 0.15) is 18.1 Å². The highest BCUT2D eigenvalue weighted by atomic mass is 16.5. The molecule has 7 heteroatoms. The van der Waals surface area contributed by atoms with E-state index in [0.29, 0.717) is 6.54 Å². The van der Waals surface area contributed by atoms with Gasteiger partial charge >= 0.3 is 0 Å². The molecular weight excluding hydrogens is 380 g/mol. The van der Waals surface area contributed by atoms with Crippen molar-refractivity contribution < 1.29 is 14.3 Å². The highest BCUT2D eigenvalue weighted by molar-refractivity contribution is 5.77. The van der Waals surface area contributed by atoms with Crippen molar-refractivity contribution in [1.29, 1.82) is 0 Å². The third-order valence-corrected chi connectivity index (χ3v) is 5.12. The molecule has 0 saturated carbocycles. The van der Waals surface area contributed by atoms with Gasteiger partial charge in [-0.3, -0.25) is 19.6 Å². The topological polar surface area (TPSA) is 66.9 Å². The first-order valence-electron chi connectivity index (χ1n) is 10.5. The summed E-state index contributed by atoms with van der Waals surface area (Å²) in [5, 5.41) is 2.78. The van der Waals surface area contributed by atoms with E-state index in [2.05, 4.69) is 38.3 Å². The SMILES string of the molecule is COCC(=O)NC[C@@H](C)Oc1ccc(CN2CCN(Cc3cccnc3)CC2)cc1. The van der Waals surface area contributed by atoms with E-state index in [1.165, 1.54) is 18.2 Å². The molecule has 1 aliphatic heterocycles. The van der Waals surface area contributed by atoms with Crippen LogP contribution in [0, 0.1) is 0 Å². The van der Waals surface area contributed by atoms with E-state index < -0.39 is 0 Å². The minimum Gasteiger partial charge on any atom is -0.489 e. The Morgan fingerprint density at radius 1 is 1.07 bits per heavy atom. The fraction of sp³-hybridized carbons (Fsp3) is 0.478. The van der Waals surface area contributed by atoms with Crippen molar-refractivity contribution in [2.45, 2.75) is 26.1 Å². The normalized spacial score (nSPS) is 16.2. The fourth-order valence-electron chi connectivity index (χ4n) is 3.50. The van der Waals surface area contributed by atoms with Gasteiger partial charge in [0.15, 0.2) is 0 Å². The minimum absolute atomic E-state index is 0.0686. The summed E-state index contributed by atoms with van der Waals surface area (Å²) in [4.78, 5) is 20.6. The molecule has 30 heavy (non-hydrogen) atoms. The third kappa shape index (κ3) is 7.40. The lowest BCUT2D eigenvalue weighted by Crippen LogP contribution is -2.45. The zero-order valence-corrected chi connectivity index (χ0v) is 17.9. The molecule has 2 aromatic rings. The summed E-state index contributed by atoms with van der Waals surface area (Å²) >= 11 is 0. The number of hydrogen-bond acceptors (Lipinski definition) is 6. The highest BCUT2D eigenvalue weighted by Gasteiger charge is 2.17. The van der Waals surface area contributed by atoms with Crippen molar-refractivity contribution in [3.63, 3.8) is 0 Å². The summed E-state index contributed by atoms with van der Waals surface area (Å²) < 4.78 is 10.7. The lowest BCUT2D eigenvalue weighted by atomic mass is 10.2. The molecule has 0 aliphatic carbocycles. The molecule has 1 fully saturated rings. The van der Waals surface area contributed by atoms with Gasteiger partial charge in [-0.25, -0.2) is 0 Å². The van der Waals surface area contributed by atoms with Crippen LogP contribution in [0.2, 0.25) is 0 Å². The second-order valence-corrected chi connectivity index (χ2v) is 7.72. The van der Waals surface area contributed by atoms with Gasteiger partial charge in [-0.05, 0) is 36.2 Å². The molecule has 1 aliphatic rings. The van der Waals surface area contributed by atoms with E-state index in [1.54, 1.807) is 0 Å². The molecule has 1 atom stereocenters. The molecule has 0 unspecified atom stereocenters. The van der Waals surface area contributed by atoms with E-state index in [-0.39, 0.29) is 18.6 Å². The van der Waals surface area contributed by atoms with Crippen molar-refractivity contribution in [2.24, 2.45) is 0 Å². The summed E-state index contributed by atoms with van der Waals surface area (Å²) in [6.07, 6.45) is 3.66. The first kappa shape index (κ1) is 22.2. The van der Waals surface area contributed by atoms with Crippen LogP contribution < -0.4 is 10.1 Å².